The van der Waals surface area contributed by atoms with Gasteiger partial charge in [0, 0.05) is 0 Å². The molecule has 3 rings (SSSR count). The fourth-order valence-corrected chi connectivity index (χ4v) is 2.45. The second-order valence-corrected chi connectivity index (χ2v) is 5.36. The van der Waals surface area contributed by atoms with Gasteiger partial charge in [-0.15, -0.1) is 0 Å². The van der Waals surface area contributed by atoms with Crippen LogP contribution in [0.15, 0.2) is 72.8 Å². The van der Waals surface area contributed by atoms with Crippen molar-refractivity contribution in [3.8, 4) is 0 Å². The first-order chi connectivity index (χ1) is 12.5. The number of carbonyl (C=O) groups is 2. The lowest BCUT2D eigenvalue weighted by atomic mass is 10.1. The van der Waals surface area contributed by atoms with Crippen LogP contribution in [0.4, 0.5) is 18.9 Å². The van der Waals surface area contributed by atoms with E-state index in [2.05, 4.69) is 0 Å². The summed E-state index contributed by atoms with van der Waals surface area (Å²) in [5.41, 5.74) is -1.25. The first-order valence-corrected chi connectivity index (χ1v) is 7.63. The third-order valence-corrected chi connectivity index (χ3v) is 3.71. The van der Waals surface area contributed by atoms with Gasteiger partial charge in [0.2, 0.25) is 0 Å². The van der Waals surface area contributed by atoms with E-state index < -0.39 is 46.1 Å². The van der Waals surface area contributed by atoms with Crippen LogP contribution in [0.1, 0.15) is 20.7 Å². The fourth-order valence-electron chi connectivity index (χ4n) is 2.45. The molecule has 0 bridgehead atoms. The molecule has 2 amide bonds. The molecule has 6 heteroatoms. The number of hydrogen-bond acceptors (Lipinski definition) is 2. The van der Waals surface area contributed by atoms with Crippen LogP contribution in [0.2, 0.25) is 0 Å². The molecule has 0 aliphatic heterocycles. The molecule has 0 aliphatic rings. The predicted molar refractivity (Wildman–Crippen MR) is 90.3 cm³/mol. The maximum atomic E-state index is 14.3. The quantitative estimate of drug-likeness (QED) is 0.645. The lowest BCUT2D eigenvalue weighted by Crippen LogP contribution is -2.38. The average Bonchev–Trinajstić information content (AvgIpc) is 2.64. The molecule has 0 aromatic heterocycles. The SMILES string of the molecule is O=C(c1ccccc1F)N(C(=O)c1ccccc1F)c1ccccc1F. The Balaban J connectivity index is 2.16. The smallest absolute Gasteiger partial charge is 0.268 e. The van der Waals surface area contributed by atoms with E-state index in [0.717, 1.165) is 18.2 Å². The van der Waals surface area contributed by atoms with Gasteiger partial charge >= 0.3 is 0 Å². The van der Waals surface area contributed by atoms with Crippen LogP contribution in [0.25, 0.3) is 0 Å². The summed E-state index contributed by atoms with van der Waals surface area (Å²) in [6, 6.07) is 15.0. The zero-order valence-corrected chi connectivity index (χ0v) is 13.3. The number of nitrogens with zero attached hydrogens (tertiary/aromatic N) is 1. The van der Waals surface area contributed by atoms with Crippen molar-refractivity contribution in [2.45, 2.75) is 0 Å². The maximum absolute atomic E-state index is 14.3. The zero-order chi connectivity index (χ0) is 18.7. The molecule has 0 heterocycles. The van der Waals surface area contributed by atoms with Gasteiger partial charge in [-0.3, -0.25) is 9.59 Å². The molecule has 26 heavy (non-hydrogen) atoms. The standard InChI is InChI=1S/C20H12F3NO2/c21-15-9-3-1-7-13(15)19(25)24(18-12-6-5-11-17(18)23)20(26)14-8-2-4-10-16(14)22/h1-12H. The van der Waals surface area contributed by atoms with Crippen molar-refractivity contribution in [3.63, 3.8) is 0 Å². The first-order valence-electron chi connectivity index (χ1n) is 7.63. The summed E-state index contributed by atoms with van der Waals surface area (Å²) >= 11 is 0. The van der Waals surface area contributed by atoms with Gasteiger partial charge in [0.05, 0.1) is 16.8 Å². The molecule has 3 aromatic carbocycles. The molecule has 0 unspecified atom stereocenters. The summed E-state index contributed by atoms with van der Waals surface area (Å²) in [7, 11) is 0. The van der Waals surface area contributed by atoms with Gasteiger partial charge in [0.25, 0.3) is 11.8 Å². The monoisotopic (exact) mass is 355 g/mol. The Morgan fingerprint density at radius 3 is 1.38 bits per heavy atom. The van der Waals surface area contributed by atoms with E-state index in [9.17, 15) is 22.8 Å². The molecule has 0 saturated carbocycles. The van der Waals surface area contributed by atoms with Crippen molar-refractivity contribution in [2.75, 3.05) is 4.90 Å². The molecule has 0 atom stereocenters. The van der Waals surface area contributed by atoms with Crippen LogP contribution >= 0.6 is 0 Å². The van der Waals surface area contributed by atoms with E-state index in [4.69, 9.17) is 0 Å². The van der Waals surface area contributed by atoms with E-state index in [-0.39, 0.29) is 0 Å². The summed E-state index contributed by atoms with van der Waals surface area (Å²) in [6.45, 7) is 0. The highest BCUT2D eigenvalue weighted by Gasteiger charge is 2.30. The van der Waals surface area contributed by atoms with Crippen molar-refractivity contribution in [1.29, 1.82) is 0 Å². The number of halogens is 3. The number of anilines is 1. The second-order valence-electron chi connectivity index (χ2n) is 5.36. The van der Waals surface area contributed by atoms with E-state index >= 15 is 0 Å². The minimum absolute atomic E-state index is 0.394. The van der Waals surface area contributed by atoms with Gasteiger partial charge in [-0.2, -0.15) is 0 Å². The third-order valence-electron chi connectivity index (χ3n) is 3.71. The van der Waals surface area contributed by atoms with E-state index in [1.807, 2.05) is 0 Å². The number of para-hydroxylation sites is 1. The summed E-state index contributed by atoms with van der Waals surface area (Å²) in [5, 5.41) is 0. The molecule has 0 aliphatic carbocycles. The number of carbonyl (C=O) groups excluding carboxylic acids is 2. The highest BCUT2D eigenvalue weighted by molar-refractivity contribution is 6.25. The molecule has 0 N–H and O–H groups in total. The summed E-state index contributed by atoms with van der Waals surface area (Å²) in [4.78, 5) is 26.1. The van der Waals surface area contributed by atoms with Gasteiger partial charge in [0.1, 0.15) is 17.5 Å². The first kappa shape index (κ1) is 17.4. The molecule has 0 fully saturated rings. The van der Waals surface area contributed by atoms with Crippen LogP contribution in [-0.2, 0) is 0 Å². The van der Waals surface area contributed by atoms with Gasteiger partial charge in [-0.25, -0.2) is 18.1 Å². The van der Waals surface area contributed by atoms with Crippen molar-refractivity contribution in [3.05, 3.63) is 101 Å². The number of imide groups is 1. The van der Waals surface area contributed by atoms with Crippen molar-refractivity contribution >= 4 is 17.5 Å². The van der Waals surface area contributed by atoms with Crippen LogP contribution in [0.3, 0.4) is 0 Å². The second kappa shape index (κ2) is 7.23. The zero-order valence-electron chi connectivity index (χ0n) is 13.3. The van der Waals surface area contributed by atoms with Crippen molar-refractivity contribution in [2.24, 2.45) is 0 Å². The highest BCUT2D eigenvalue weighted by atomic mass is 19.1. The Morgan fingerprint density at radius 2 is 0.962 bits per heavy atom. The Labute approximate surface area is 147 Å². The lowest BCUT2D eigenvalue weighted by Gasteiger charge is -2.22. The molecule has 3 nitrogen and oxygen atoms in total. The van der Waals surface area contributed by atoms with Crippen LogP contribution < -0.4 is 4.90 Å². The van der Waals surface area contributed by atoms with Crippen molar-refractivity contribution < 1.29 is 22.8 Å². The number of amides is 2. The average molecular weight is 355 g/mol. The Bertz CT molecular complexity index is 931. The normalized spacial score (nSPS) is 10.4. The van der Waals surface area contributed by atoms with Crippen LogP contribution in [0, 0.1) is 17.5 Å². The number of rotatable bonds is 3. The maximum Gasteiger partial charge on any atom is 0.268 e. The molecule has 0 spiro atoms. The highest BCUT2D eigenvalue weighted by Crippen LogP contribution is 2.25. The Morgan fingerprint density at radius 1 is 0.577 bits per heavy atom. The molecule has 130 valence electrons. The molecular weight excluding hydrogens is 343 g/mol. The molecule has 0 radical (unpaired) electrons. The minimum Gasteiger partial charge on any atom is -0.268 e. The number of hydrogen-bond donors (Lipinski definition) is 0. The largest absolute Gasteiger partial charge is 0.268 e. The predicted octanol–water partition coefficient (Wildman–Crippen LogP) is 4.59. The van der Waals surface area contributed by atoms with E-state index in [0.29, 0.717) is 4.90 Å². The lowest BCUT2D eigenvalue weighted by molar-refractivity contribution is 0.0892. The topological polar surface area (TPSA) is 37.4 Å². The van der Waals surface area contributed by atoms with Gasteiger partial charge in [0.15, 0.2) is 0 Å². The summed E-state index contributed by atoms with van der Waals surface area (Å²) in [6.07, 6.45) is 0. The van der Waals surface area contributed by atoms with E-state index in [1.54, 1.807) is 0 Å². The third kappa shape index (κ3) is 3.21. The molecule has 3 aromatic rings. The Hall–Kier alpha value is -3.41. The summed E-state index contributed by atoms with van der Waals surface area (Å²) in [5.74, 6) is -4.81. The molecule has 0 saturated heterocycles. The fraction of sp³-hybridized carbons (Fsp3) is 0. The van der Waals surface area contributed by atoms with E-state index in [1.165, 1.54) is 54.6 Å². The minimum atomic E-state index is -1.10. The number of benzene rings is 3. The van der Waals surface area contributed by atoms with Crippen LogP contribution in [-0.4, -0.2) is 11.8 Å². The van der Waals surface area contributed by atoms with Gasteiger partial charge in [-0.05, 0) is 36.4 Å². The van der Waals surface area contributed by atoms with Crippen LogP contribution in [0.5, 0.6) is 0 Å². The Kier molecular flexibility index (Phi) is 4.84. The van der Waals surface area contributed by atoms with Gasteiger partial charge < -0.3 is 0 Å². The summed E-state index contributed by atoms with van der Waals surface area (Å²) < 4.78 is 42.3. The van der Waals surface area contributed by atoms with Gasteiger partial charge in [-0.1, -0.05) is 36.4 Å². The van der Waals surface area contributed by atoms with Crippen molar-refractivity contribution in [1.82, 2.24) is 0 Å². The molecular formula is C20H12F3NO2.